The predicted octanol–water partition coefficient (Wildman–Crippen LogP) is 3.08. The maximum atomic E-state index is 12.5. The Morgan fingerprint density at radius 1 is 0.862 bits per heavy atom. The summed E-state index contributed by atoms with van der Waals surface area (Å²) in [5.41, 5.74) is 0. The molecule has 0 bridgehead atoms. The van der Waals surface area contributed by atoms with Crippen molar-refractivity contribution in [2.24, 2.45) is 0 Å². The monoisotopic (exact) mass is 443 g/mol. The van der Waals surface area contributed by atoms with Crippen LogP contribution in [0.5, 0.6) is 0 Å². The second kappa shape index (κ2) is 11.6. The molecule has 2 aromatic carbocycles. The highest BCUT2D eigenvalue weighted by Crippen LogP contribution is 2.23. The fourth-order valence-corrected chi connectivity index (χ4v) is 3.72. The van der Waals surface area contributed by atoms with E-state index in [-0.39, 0.29) is 19.1 Å². The van der Waals surface area contributed by atoms with Crippen LogP contribution in [0.15, 0.2) is 58.3 Å². The number of thioether (sulfide) groups is 1. The van der Waals surface area contributed by atoms with E-state index in [1.165, 1.54) is 23.9 Å². The molecule has 2 unspecified atom stereocenters. The third-order valence-corrected chi connectivity index (χ3v) is 6.59. The van der Waals surface area contributed by atoms with E-state index in [1.807, 2.05) is 0 Å². The zero-order valence-corrected chi connectivity index (χ0v) is 17.1. The lowest BCUT2D eigenvalue weighted by Gasteiger charge is -2.07. The number of rotatable bonds is 6. The van der Waals surface area contributed by atoms with Crippen molar-refractivity contribution in [2.45, 2.75) is 34.1 Å². The molecule has 29 heavy (non-hydrogen) atoms. The van der Waals surface area contributed by atoms with E-state index < -0.39 is 38.1 Å². The Morgan fingerprint density at radius 2 is 1.28 bits per heavy atom. The van der Waals surface area contributed by atoms with E-state index in [0.717, 1.165) is 36.1 Å². The van der Waals surface area contributed by atoms with Crippen LogP contribution in [0.1, 0.15) is 13.8 Å². The largest absolute Gasteiger partial charge is 0.480 e. The van der Waals surface area contributed by atoms with Crippen LogP contribution in [0.3, 0.4) is 0 Å². The third kappa shape index (κ3) is 8.24. The summed E-state index contributed by atoms with van der Waals surface area (Å²) < 4.78 is 48.1. The number of carbonyl (C=O) groups is 2. The van der Waals surface area contributed by atoms with Crippen LogP contribution < -0.4 is 0 Å². The topological polar surface area (TPSA) is 109 Å². The van der Waals surface area contributed by atoms with E-state index in [4.69, 9.17) is 10.2 Å². The highest BCUT2D eigenvalue weighted by molar-refractivity contribution is 8.00. The van der Waals surface area contributed by atoms with Gasteiger partial charge in [-0.25, -0.2) is 17.2 Å². The number of sulfone groups is 1. The molecule has 2 atom stereocenters. The molecule has 0 heterocycles. The van der Waals surface area contributed by atoms with Gasteiger partial charge < -0.3 is 10.2 Å². The number of carboxylic acid groups (broad SMARTS) is 2. The molecule has 11 heteroatoms. The first-order chi connectivity index (χ1) is 12.9. The SMILES string of the molecule is CC(C(=O)O)S(=O)(=O)c1ccc(F)cc1.CC(Sc1ccc(F)cc1)C(=O)O.[B]. The van der Waals surface area contributed by atoms with Gasteiger partial charge in [0.1, 0.15) is 16.9 Å². The van der Waals surface area contributed by atoms with Gasteiger partial charge in [0.05, 0.1) is 4.90 Å². The Labute approximate surface area is 173 Å². The molecule has 155 valence electrons. The normalized spacial score (nSPS) is 12.6. The first-order valence-corrected chi connectivity index (χ1v) is 10.2. The molecule has 0 aromatic heterocycles. The number of hydrogen-bond acceptors (Lipinski definition) is 5. The molecule has 0 saturated carbocycles. The summed E-state index contributed by atoms with van der Waals surface area (Å²) in [5, 5.41) is 15.1. The van der Waals surface area contributed by atoms with Gasteiger partial charge >= 0.3 is 11.9 Å². The standard InChI is InChI=1S/C9H9FO4S.C9H9FO2S.B/c1-6(9(11)12)15(13,14)8-4-2-7(10)3-5-8;1-6(9(11)12)13-8-4-2-7(10)3-5-8;/h2-6H,1H3,(H,11,12);2-6H,1H3,(H,11,12);. The fourth-order valence-electron chi connectivity index (χ4n) is 1.73. The average molecular weight is 443 g/mol. The van der Waals surface area contributed by atoms with E-state index >= 15 is 0 Å². The van der Waals surface area contributed by atoms with Crippen molar-refractivity contribution in [1.29, 1.82) is 0 Å². The van der Waals surface area contributed by atoms with Crippen LogP contribution in [-0.4, -0.2) is 49.5 Å². The summed E-state index contributed by atoms with van der Waals surface area (Å²) >= 11 is 1.19. The van der Waals surface area contributed by atoms with Crippen LogP contribution in [0.4, 0.5) is 8.78 Å². The van der Waals surface area contributed by atoms with Crippen molar-refractivity contribution in [3.05, 3.63) is 60.2 Å². The van der Waals surface area contributed by atoms with Gasteiger partial charge in [0.15, 0.2) is 15.1 Å². The molecular weight excluding hydrogens is 425 g/mol. The van der Waals surface area contributed by atoms with Crippen LogP contribution in [0.2, 0.25) is 0 Å². The lowest BCUT2D eigenvalue weighted by Crippen LogP contribution is -2.26. The number of hydrogen-bond donors (Lipinski definition) is 2. The van der Waals surface area contributed by atoms with Gasteiger partial charge in [-0.05, 0) is 62.4 Å². The van der Waals surface area contributed by atoms with Gasteiger partial charge in [-0.2, -0.15) is 0 Å². The molecule has 0 amide bonds. The first kappa shape index (κ1) is 26.6. The Morgan fingerprint density at radius 3 is 1.66 bits per heavy atom. The fraction of sp³-hybridized carbons (Fsp3) is 0.222. The summed E-state index contributed by atoms with van der Waals surface area (Å²) in [5.74, 6) is -3.18. The molecule has 0 aliphatic rings. The Bertz CT molecular complexity index is 918. The van der Waals surface area contributed by atoms with Gasteiger partial charge in [0.2, 0.25) is 0 Å². The molecule has 0 fully saturated rings. The first-order valence-electron chi connectivity index (χ1n) is 7.82. The molecule has 0 saturated heterocycles. The van der Waals surface area contributed by atoms with Crippen molar-refractivity contribution in [3.8, 4) is 0 Å². The van der Waals surface area contributed by atoms with Gasteiger partial charge in [-0.1, -0.05) is 0 Å². The molecular formula is C18H18BF2O6S2. The number of halogens is 2. The Kier molecular flexibility index (Phi) is 10.6. The number of carboxylic acids is 2. The van der Waals surface area contributed by atoms with Crippen LogP contribution in [-0.2, 0) is 19.4 Å². The van der Waals surface area contributed by atoms with Crippen LogP contribution in [0, 0.1) is 11.6 Å². The van der Waals surface area contributed by atoms with Crippen molar-refractivity contribution < 1.29 is 37.0 Å². The van der Waals surface area contributed by atoms with Gasteiger partial charge in [0, 0.05) is 13.3 Å². The van der Waals surface area contributed by atoms with E-state index in [2.05, 4.69) is 0 Å². The minimum absolute atomic E-state index is 0. The molecule has 0 spiro atoms. The zero-order chi connectivity index (χ0) is 21.5. The lowest BCUT2D eigenvalue weighted by atomic mass is 10.3. The van der Waals surface area contributed by atoms with E-state index in [9.17, 15) is 26.8 Å². The summed E-state index contributed by atoms with van der Waals surface area (Å²) in [6.07, 6.45) is 0. The Hall–Kier alpha value is -2.40. The molecule has 0 aliphatic heterocycles. The summed E-state index contributed by atoms with van der Waals surface area (Å²) in [4.78, 5) is 21.6. The summed E-state index contributed by atoms with van der Waals surface area (Å²) in [6.45, 7) is 2.66. The van der Waals surface area contributed by atoms with Gasteiger partial charge in [-0.15, -0.1) is 11.8 Å². The van der Waals surface area contributed by atoms with Gasteiger partial charge in [-0.3, -0.25) is 9.59 Å². The van der Waals surface area contributed by atoms with Gasteiger partial charge in [0.25, 0.3) is 0 Å². The molecule has 2 N–H and O–H groups in total. The average Bonchev–Trinajstić information content (AvgIpc) is 2.63. The highest BCUT2D eigenvalue weighted by Gasteiger charge is 2.29. The van der Waals surface area contributed by atoms with Crippen molar-refractivity contribution in [3.63, 3.8) is 0 Å². The lowest BCUT2D eigenvalue weighted by molar-refractivity contribution is -0.137. The predicted molar refractivity (Wildman–Crippen MR) is 106 cm³/mol. The van der Waals surface area contributed by atoms with Crippen LogP contribution in [0.25, 0.3) is 0 Å². The van der Waals surface area contributed by atoms with Crippen molar-refractivity contribution in [2.75, 3.05) is 0 Å². The summed E-state index contributed by atoms with van der Waals surface area (Å²) in [6, 6.07) is 9.81. The second-order valence-electron chi connectivity index (χ2n) is 5.53. The maximum absolute atomic E-state index is 12.5. The minimum atomic E-state index is -3.92. The zero-order valence-electron chi connectivity index (χ0n) is 15.5. The third-order valence-electron chi connectivity index (χ3n) is 3.43. The highest BCUT2D eigenvalue weighted by atomic mass is 32.2. The van der Waals surface area contributed by atoms with E-state index in [1.54, 1.807) is 19.1 Å². The van der Waals surface area contributed by atoms with E-state index in [0.29, 0.717) is 0 Å². The van der Waals surface area contributed by atoms with Crippen molar-refractivity contribution in [1.82, 2.24) is 0 Å². The minimum Gasteiger partial charge on any atom is -0.480 e. The molecule has 6 nitrogen and oxygen atoms in total. The number of aliphatic carboxylic acids is 2. The molecule has 3 radical (unpaired) electrons. The van der Waals surface area contributed by atoms with Crippen molar-refractivity contribution >= 4 is 42.0 Å². The molecule has 0 aliphatic carbocycles. The molecule has 2 aromatic rings. The van der Waals surface area contributed by atoms with Crippen LogP contribution >= 0.6 is 11.8 Å². The molecule has 2 rings (SSSR count). The summed E-state index contributed by atoms with van der Waals surface area (Å²) in [7, 11) is -3.92. The quantitative estimate of drug-likeness (QED) is 0.401. The number of benzene rings is 2. The Balaban J connectivity index is 0.000000527. The second-order valence-corrected chi connectivity index (χ2v) is 9.21. The smallest absolute Gasteiger partial charge is 0.321 e. The maximum Gasteiger partial charge on any atom is 0.321 e.